The number of carbonyl (C=O) groups excluding carboxylic acids is 2. The Bertz CT molecular complexity index is 2250. The second-order valence-corrected chi connectivity index (χ2v) is 20.3. The van der Waals surface area contributed by atoms with Crippen LogP contribution in [0.25, 0.3) is 16.5 Å². The molecule has 0 saturated carbocycles. The molecule has 5 atom stereocenters. The number of rotatable bonds is 10. The highest BCUT2D eigenvalue weighted by molar-refractivity contribution is 6.71. The highest BCUT2D eigenvalue weighted by atomic mass is 28.4. The van der Waals surface area contributed by atoms with Gasteiger partial charge in [0.1, 0.15) is 0 Å². The van der Waals surface area contributed by atoms with E-state index in [1.165, 1.54) is 10.3 Å². The van der Waals surface area contributed by atoms with E-state index in [0.29, 0.717) is 41.8 Å². The van der Waals surface area contributed by atoms with Gasteiger partial charge in [-0.1, -0.05) is 72.7 Å². The lowest BCUT2D eigenvalue weighted by Crippen LogP contribution is -2.48. The lowest BCUT2D eigenvalue weighted by Gasteiger charge is -2.37. The van der Waals surface area contributed by atoms with Crippen LogP contribution < -0.4 is 10.5 Å². The SMILES string of the molecule is CC(C)=CCC/C(C)=C/CN1C(=O)[C@]2(O[C@H](CC(=O)N3Cc4ccccc4C[C@H]3CO)[C@@H]([Si](C)(C)O)[C@@H]2C)c2cc(-n3ncc4ccccc4c3=O)ccc21. The van der Waals surface area contributed by atoms with Gasteiger partial charge in [0, 0.05) is 35.5 Å². The zero-order valence-corrected chi connectivity index (χ0v) is 33.7. The fourth-order valence-electron chi connectivity index (χ4n) is 9.12. The summed E-state index contributed by atoms with van der Waals surface area (Å²) in [4.78, 5) is 58.6. The molecular formula is C44H52N4O6Si. The van der Waals surface area contributed by atoms with E-state index in [1.54, 1.807) is 28.1 Å². The van der Waals surface area contributed by atoms with Gasteiger partial charge in [0.2, 0.25) is 5.91 Å². The summed E-state index contributed by atoms with van der Waals surface area (Å²) < 4.78 is 8.41. The number of carbonyl (C=O) groups is 2. The predicted octanol–water partition coefficient (Wildman–Crippen LogP) is 6.56. The Morgan fingerprint density at radius 1 is 1.02 bits per heavy atom. The molecule has 3 aromatic carbocycles. The van der Waals surface area contributed by atoms with Gasteiger partial charge in [-0.15, -0.1) is 0 Å². The molecule has 10 nitrogen and oxygen atoms in total. The zero-order valence-electron chi connectivity index (χ0n) is 32.7. The van der Waals surface area contributed by atoms with Gasteiger partial charge in [-0.05, 0) is 88.5 Å². The van der Waals surface area contributed by atoms with Crippen molar-refractivity contribution in [3.8, 4) is 5.69 Å². The van der Waals surface area contributed by atoms with Gasteiger partial charge < -0.3 is 24.4 Å². The lowest BCUT2D eigenvalue weighted by atomic mass is 9.82. The van der Waals surface area contributed by atoms with Gasteiger partial charge in [-0.2, -0.15) is 9.78 Å². The summed E-state index contributed by atoms with van der Waals surface area (Å²) >= 11 is 0. The van der Waals surface area contributed by atoms with Crippen LogP contribution in [0.4, 0.5) is 5.69 Å². The number of anilines is 1. The first-order chi connectivity index (χ1) is 26.2. The van der Waals surface area contributed by atoms with Crippen molar-refractivity contribution in [3.63, 3.8) is 0 Å². The molecule has 1 aromatic heterocycles. The monoisotopic (exact) mass is 760 g/mol. The molecule has 1 spiro atoms. The smallest absolute Gasteiger partial charge is 0.279 e. The number of aliphatic hydroxyl groups excluding tert-OH is 1. The third-order valence-corrected chi connectivity index (χ3v) is 14.4. The Morgan fingerprint density at radius 3 is 2.47 bits per heavy atom. The molecule has 2 N–H and O–H groups in total. The van der Waals surface area contributed by atoms with Gasteiger partial charge in [-0.25, -0.2) is 0 Å². The van der Waals surface area contributed by atoms with Crippen LogP contribution in [0.1, 0.15) is 63.6 Å². The minimum Gasteiger partial charge on any atom is -0.432 e. The number of allylic oxidation sites excluding steroid dienone is 3. The summed E-state index contributed by atoms with van der Waals surface area (Å²) in [5.41, 5.74) is 4.03. The summed E-state index contributed by atoms with van der Waals surface area (Å²) in [5, 5.41) is 16.1. The van der Waals surface area contributed by atoms with E-state index in [0.717, 1.165) is 34.9 Å². The minimum atomic E-state index is -3.09. The lowest BCUT2D eigenvalue weighted by molar-refractivity contribution is -0.150. The number of aromatic nitrogens is 2. The Labute approximate surface area is 323 Å². The van der Waals surface area contributed by atoms with Gasteiger partial charge in [0.15, 0.2) is 13.9 Å². The van der Waals surface area contributed by atoms with Crippen LogP contribution in [0.15, 0.2) is 101 Å². The molecular weight excluding hydrogens is 709 g/mol. The van der Waals surface area contributed by atoms with Gasteiger partial charge in [0.25, 0.3) is 11.5 Å². The van der Waals surface area contributed by atoms with Crippen molar-refractivity contribution in [1.82, 2.24) is 14.7 Å². The zero-order chi connectivity index (χ0) is 39.2. The number of fused-ring (bicyclic) bond motifs is 4. The fourth-order valence-corrected chi connectivity index (χ4v) is 11.7. The predicted molar refractivity (Wildman–Crippen MR) is 217 cm³/mol. The summed E-state index contributed by atoms with van der Waals surface area (Å²) in [6.45, 7) is 12.4. The molecule has 3 aliphatic rings. The number of benzene rings is 3. The molecule has 7 rings (SSSR count). The number of amides is 2. The molecule has 0 unspecified atom stereocenters. The molecule has 4 aromatic rings. The number of nitrogens with zero attached hydrogens (tertiary/aromatic N) is 4. The largest absolute Gasteiger partial charge is 0.432 e. The van der Waals surface area contributed by atoms with E-state index in [9.17, 15) is 19.5 Å². The Hall–Kier alpha value is -4.68. The van der Waals surface area contributed by atoms with Crippen molar-refractivity contribution >= 4 is 36.6 Å². The summed E-state index contributed by atoms with van der Waals surface area (Å²) in [5.74, 6) is -0.954. The highest BCUT2D eigenvalue weighted by Gasteiger charge is 2.66. The maximum absolute atomic E-state index is 15.1. The van der Waals surface area contributed by atoms with Crippen LogP contribution in [0.2, 0.25) is 18.6 Å². The van der Waals surface area contributed by atoms with Gasteiger partial charge >= 0.3 is 0 Å². The Balaban J connectivity index is 1.29. The third kappa shape index (κ3) is 7.03. The van der Waals surface area contributed by atoms with E-state index < -0.39 is 31.5 Å². The van der Waals surface area contributed by atoms with E-state index in [-0.39, 0.29) is 36.4 Å². The maximum atomic E-state index is 15.1. The average Bonchev–Trinajstić information content (AvgIpc) is 3.58. The standard InChI is InChI=1S/C44H52N4O6Si/c1-28(2)12-11-13-29(3)20-21-46-38-19-18-34(48-42(51)36-17-10-9-15-32(36)25-45-48)23-37(38)44(43(46)52)30(4)41(55(5,6)53)39(54-44)24-40(50)47-26-33-16-8-7-14-31(33)22-35(47)27-49/h7-10,12,14-20,23,25,30,35,39,41,49,53H,11,13,21-22,24,26-27H2,1-6H3/b29-20+/t30-,35-,39+,41-,44+/m0/s1. The maximum Gasteiger partial charge on any atom is 0.279 e. The van der Waals surface area contributed by atoms with Crippen LogP contribution in [0, 0.1) is 5.92 Å². The molecule has 2 amide bonds. The Kier molecular flexibility index (Phi) is 10.6. The van der Waals surface area contributed by atoms with E-state index in [1.807, 2.05) is 74.6 Å². The molecule has 0 aliphatic carbocycles. The number of aliphatic hydroxyl groups is 1. The van der Waals surface area contributed by atoms with Crippen LogP contribution in [0.5, 0.6) is 0 Å². The molecule has 0 bridgehead atoms. The van der Waals surface area contributed by atoms with Crippen LogP contribution >= 0.6 is 0 Å². The van der Waals surface area contributed by atoms with Crippen molar-refractivity contribution in [3.05, 3.63) is 123 Å². The second kappa shape index (κ2) is 15.1. The van der Waals surface area contributed by atoms with E-state index >= 15 is 4.79 Å². The first kappa shape index (κ1) is 38.6. The van der Waals surface area contributed by atoms with Crippen molar-refractivity contribution in [2.24, 2.45) is 5.92 Å². The first-order valence-corrected chi connectivity index (χ1v) is 22.4. The summed E-state index contributed by atoms with van der Waals surface area (Å²) in [6, 6.07) is 20.4. The van der Waals surface area contributed by atoms with Crippen LogP contribution in [-0.4, -0.2) is 70.0 Å². The fraction of sp³-hybridized carbons (Fsp3) is 0.409. The van der Waals surface area contributed by atoms with Crippen molar-refractivity contribution < 1.29 is 24.2 Å². The molecule has 3 aliphatic heterocycles. The third-order valence-electron chi connectivity index (χ3n) is 11.9. The van der Waals surface area contributed by atoms with Crippen molar-refractivity contribution in [2.45, 2.75) is 96.3 Å². The normalized spacial score (nSPS) is 23.7. The molecule has 55 heavy (non-hydrogen) atoms. The van der Waals surface area contributed by atoms with Gasteiger partial charge in [-0.3, -0.25) is 14.4 Å². The molecule has 11 heteroatoms. The van der Waals surface area contributed by atoms with Gasteiger partial charge in [0.05, 0.1) is 48.1 Å². The topological polar surface area (TPSA) is 125 Å². The van der Waals surface area contributed by atoms with Crippen molar-refractivity contribution in [2.75, 3.05) is 18.1 Å². The summed E-state index contributed by atoms with van der Waals surface area (Å²) in [6.07, 6.45) is 7.43. The average molecular weight is 761 g/mol. The quantitative estimate of drug-likeness (QED) is 0.139. The van der Waals surface area contributed by atoms with Crippen molar-refractivity contribution in [1.29, 1.82) is 0 Å². The summed E-state index contributed by atoms with van der Waals surface area (Å²) in [7, 11) is -3.09. The Morgan fingerprint density at radius 2 is 1.75 bits per heavy atom. The van der Waals surface area contributed by atoms with Crippen LogP contribution in [0.3, 0.4) is 0 Å². The highest BCUT2D eigenvalue weighted by Crippen LogP contribution is 2.60. The molecule has 1 saturated heterocycles. The number of hydrogen-bond donors (Lipinski definition) is 2. The first-order valence-electron chi connectivity index (χ1n) is 19.3. The molecule has 0 radical (unpaired) electrons. The number of hydrogen-bond acceptors (Lipinski definition) is 7. The minimum absolute atomic E-state index is 0.0518. The second-order valence-electron chi connectivity index (χ2n) is 16.3. The molecule has 1 fully saturated rings. The molecule has 4 heterocycles. The molecule has 288 valence electrons. The number of ether oxygens (including phenoxy) is 1. The van der Waals surface area contributed by atoms with Crippen LogP contribution in [-0.2, 0) is 32.9 Å². The van der Waals surface area contributed by atoms with E-state index in [2.05, 4.69) is 38.0 Å². The van der Waals surface area contributed by atoms with E-state index in [4.69, 9.17) is 4.74 Å².